The van der Waals surface area contributed by atoms with Crippen LogP contribution in [-0.2, 0) is 4.74 Å². The Hall–Kier alpha value is -2.34. The highest BCUT2D eigenvalue weighted by atomic mass is 32.1. The Labute approximate surface area is 216 Å². The SMILES string of the molecule is Cc1nsc2nc(Nc3cnn(C4CCOCC4)c3)nc(NC3CCC(N4CCNC(C)C4)CC3)c12. The molecule has 0 aromatic carbocycles. The Bertz CT molecular complexity index is 1170. The van der Waals surface area contributed by atoms with Gasteiger partial charge in [-0.2, -0.15) is 19.4 Å². The van der Waals surface area contributed by atoms with E-state index in [-0.39, 0.29) is 0 Å². The minimum Gasteiger partial charge on any atom is -0.381 e. The number of hydrogen-bond acceptors (Lipinski definition) is 10. The molecule has 3 N–H and O–H groups in total. The van der Waals surface area contributed by atoms with E-state index in [1.54, 1.807) is 0 Å². The summed E-state index contributed by atoms with van der Waals surface area (Å²) in [7, 11) is 0. The molecule has 2 saturated heterocycles. The third kappa shape index (κ3) is 5.20. The van der Waals surface area contributed by atoms with Crippen molar-refractivity contribution in [3.05, 3.63) is 18.1 Å². The second-order valence-electron chi connectivity index (χ2n) is 10.5. The van der Waals surface area contributed by atoms with Crippen LogP contribution in [0.15, 0.2) is 12.4 Å². The first-order chi connectivity index (χ1) is 17.6. The first kappa shape index (κ1) is 24.0. The van der Waals surface area contributed by atoms with Crippen molar-refractivity contribution >= 4 is 39.2 Å². The second-order valence-corrected chi connectivity index (χ2v) is 11.3. The summed E-state index contributed by atoms with van der Waals surface area (Å²) in [5.74, 6) is 1.48. The van der Waals surface area contributed by atoms with Crippen LogP contribution >= 0.6 is 11.5 Å². The highest BCUT2D eigenvalue weighted by Crippen LogP contribution is 2.32. The maximum absolute atomic E-state index is 5.49. The number of ether oxygens (including phenoxy) is 1. The number of aryl methyl sites for hydroxylation is 1. The first-order valence-corrected chi connectivity index (χ1v) is 14.2. The molecule has 1 saturated carbocycles. The zero-order chi connectivity index (χ0) is 24.5. The van der Waals surface area contributed by atoms with Gasteiger partial charge in [0, 0.05) is 57.2 Å². The Morgan fingerprint density at radius 1 is 1.08 bits per heavy atom. The van der Waals surface area contributed by atoms with E-state index in [1.165, 1.54) is 30.9 Å². The molecular weight excluding hydrogens is 474 g/mol. The van der Waals surface area contributed by atoms with Crippen LogP contribution in [0.2, 0.25) is 0 Å². The van der Waals surface area contributed by atoms with Crippen LogP contribution in [-0.4, -0.2) is 80.0 Å². The van der Waals surface area contributed by atoms with E-state index in [1.807, 2.05) is 24.0 Å². The minimum absolute atomic E-state index is 0.388. The molecule has 2 aliphatic heterocycles. The van der Waals surface area contributed by atoms with Crippen LogP contribution in [0.5, 0.6) is 0 Å². The molecule has 1 atom stereocenters. The Kier molecular flexibility index (Phi) is 7.05. The van der Waals surface area contributed by atoms with Crippen LogP contribution in [0, 0.1) is 6.92 Å². The molecule has 1 unspecified atom stereocenters. The molecule has 0 radical (unpaired) electrons. The monoisotopic (exact) mass is 511 g/mol. The second kappa shape index (κ2) is 10.6. The molecule has 3 aromatic heterocycles. The quantitative estimate of drug-likeness (QED) is 0.457. The fourth-order valence-corrected chi connectivity index (χ4v) is 6.68. The predicted molar refractivity (Wildman–Crippen MR) is 143 cm³/mol. The van der Waals surface area contributed by atoms with Gasteiger partial charge in [0.25, 0.3) is 0 Å². The topological polar surface area (TPSA) is 105 Å². The van der Waals surface area contributed by atoms with Gasteiger partial charge in [-0.25, -0.2) is 0 Å². The summed E-state index contributed by atoms with van der Waals surface area (Å²) in [6.45, 7) is 9.35. The largest absolute Gasteiger partial charge is 0.381 e. The summed E-state index contributed by atoms with van der Waals surface area (Å²) < 4.78 is 12.1. The summed E-state index contributed by atoms with van der Waals surface area (Å²) in [6, 6.07) is 2.10. The maximum atomic E-state index is 5.49. The molecule has 5 heterocycles. The van der Waals surface area contributed by atoms with Gasteiger partial charge in [-0.05, 0) is 63.9 Å². The smallest absolute Gasteiger partial charge is 0.230 e. The lowest BCUT2D eigenvalue weighted by molar-refractivity contribution is 0.0662. The normalized spacial score (nSPS) is 26.3. The Morgan fingerprint density at radius 3 is 2.72 bits per heavy atom. The van der Waals surface area contributed by atoms with E-state index in [9.17, 15) is 0 Å². The van der Waals surface area contributed by atoms with Crippen molar-refractivity contribution in [1.29, 1.82) is 0 Å². The number of anilines is 3. The van der Waals surface area contributed by atoms with E-state index in [4.69, 9.17) is 14.7 Å². The first-order valence-electron chi connectivity index (χ1n) is 13.4. The van der Waals surface area contributed by atoms with Crippen LogP contribution < -0.4 is 16.0 Å². The molecule has 3 aromatic rings. The van der Waals surface area contributed by atoms with Crippen molar-refractivity contribution in [3.63, 3.8) is 0 Å². The van der Waals surface area contributed by atoms with E-state index >= 15 is 0 Å². The number of piperazine rings is 1. The zero-order valence-electron chi connectivity index (χ0n) is 21.2. The van der Waals surface area contributed by atoms with E-state index in [0.717, 1.165) is 79.4 Å². The molecule has 11 heteroatoms. The van der Waals surface area contributed by atoms with E-state index < -0.39 is 0 Å². The van der Waals surface area contributed by atoms with Gasteiger partial charge < -0.3 is 20.7 Å². The molecule has 0 spiro atoms. The summed E-state index contributed by atoms with van der Waals surface area (Å²) in [5.41, 5.74) is 1.89. The molecule has 10 nitrogen and oxygen atoms in total. The number of fused-ring (bicyclic) bond motifs is 1. The van der Waals surface area contributed by atoms with Crippen molar-refractivity contribution in [2.24, 2.45) is 0 Å². The molecule has 0 bridgehead atoms. The van der Waals surface area contributed by atoms with Gasteiger partial charge in [0.2, 0.25) is 5.95 Å². The number of aromatic nitrogens is 5. The molecule has 194 valence electrons. The lowest BCUT2D eigenvalue weighted by atomic mass is 9.89. The van der Waals surface area contributed by atoms with Gasteiger partial charge >= 0.3 is 0 Å². The standard InChI is InChI=1S/C25H37N9OS/c1-16-14-33(10-9-26-16)20-5-3-18(4-6-20)28-23-22-17(2)32-36-24(22)31-25(30-23)29-19-13-27-34(15-19)21-7-11-35-12-8-21/h13,15-16,18,20-21,26H,3-12,14H2,1-2H3,(H2,28,29,30,31). The molecule has 3 aliphatic rings. The summed E-state index contributed by atoms with van der Waals surface area (Å²) in [5, 5.41) is 16.3. The number of nitrogens with zero attached hydrogens (tertiary/aromatic N) is 6. The lowest BCUT2D eigenvalue weighted by Crippen LogP contribution is -2.53. The molecule has 36 heavy (non-hydrogen) atoms. The third-order valence-corrected chi connectivity index (χ3v) is 8.72. The highest BCUT2D eigenvalue weighted by Gasteiger charge is 2.29. The van der Waals surface area contributed by atoms with Gasteiger partial charge in [0.15, 0.2) is 4.83 Å². The molecule has 1 aliphatic carbocycles. The van der Waals surface area contributed by atoms with Gasteiger partial charge in [-0.15, -0.1) is 0 Å². The van der Waals surface area contributed by atoms with Gasteiger partial charge in [-0.3, -0.25) is 9.58 Å². The van der Waals surface area contributed by atoms with Gasteiger partial charge in [0.1, 0.15) is 5.82 Å². The van der Waals surface area contributed by atoms with Crippen LogP contribution in [0.25, 0.3) is 10.2 Å². The molecule has 3 fully saturated rings. The van der Waals surface area contributed by atoms with E-state index in [0.29, 0.717) is 30.1 Å². The third-order valence-electron chi connectivity index (χ3n) is 7.88. The number of rotatable bonds is 6. The minimum atomic E-state index is 0.388. The fraction of sp³-hybridized carbons (Fsp3) is 0.680. The molecule has 6 rings (SSSR count). The number of nitrogens with one attached hydrogen (secondary N) is 3. The van der Waals surface area contributed by atoms with Crippen LogP contribution in [0.3, 0.4) is 0 Å². The van der Waals surface area contributed by atoms with Gasteiger partial charge in [-0.1, -0.05) is 0 Å². The zero-order valence-corrected chi connectivity index (χ0v) is 22.1. The number of hydrogen-bond donors (Lipinski definition) is 3. The molecule has 0 amide bonds. The highest BCUT2D eigenvalue weighted by molar-refractivity contribution is 7.13. The Balaban J connectivity index is 1.15. The maximum Gasteiger partial charge on any atom is 0.230 e. The van der Waals surface area contributed by atoms with Crippen molar-refractivity contribution < 1.29 is 4.74 Å². The van der Waals surface area contributed by atoms with Crippen molar-refractivity contribution in [2.75, 3.05) is 43.5 Å². The van der Waals surface area contributed by atoms with Gasteiger partial charge in [0.05, 0.1) is 29.0 Å². The lowest BCUT2D eigenvalue weighted by Gasteiger charge is -2.41. The van der Waals surface area contributed by atoms with E-state index in [2.05, 4.69) is 37.2 Å². The molecular formula is C25H37N9OS. The predicted octanol–water partition coefficient (Wildman–Crippen LogP) is 3.70. The van der Waals surface area contributed by atoms with Crippen molar-refractivity contribution in [2.45, 2.75) is 76.5 Å². The summed E-state index contributed by atoms with van der Waals surface area (Å²) in [6.07, 6.45) is 10.7. The van der Waals surface area contributed by atoms with Crippen molar-refractivity contribution in [1.82, 2.24) is 34.3 Å². The fourth-order valence-electron chi connectivity index (χ4n) is 5.90. The Morgan fingerprint density at radius 2 is 1.92 bits per heavy atom. The average molecular weight is 512 g/mol. The van der Waals surface area contributed by atoms with Crippen molar-refractivity contribution in [3.8, 4) is 0 Å². The summed E-state index contributed by atoms with van der Waals surface area (Å²) >= 11 is 1.43. The van der Waals surface area contributed by atoms with Crippen LogP contribution in [0.1, 0.15) is 57.2 Å². The van der Waals surface area contributed by atoms with Crippen LogP contribution in [0.4, 0.5) is 17.5 Å². The average Bonchev–Trinajstić information content (AvgIpc) is 3.52. The summed E-state index contributed by atoms with van der Waals surface area (Å²) in [4.78, 5) is 13.3.